The van der Waals surface area contributed by atoms with Gasteiger partial charge in [0.2, 0.25) is 0 Å². The van der Waals surface area contributed by atoms with Crippen molar-refractivity contribution < 1.29 is 8.78 Å². The number of aryl methyl sites for hydroxylation is 2. The van der Waals surface area contributed by atoms with Gasteiger partial charge in [0.05, 0.1) is 10.5 Å². The molecule has 0 amide bonds. The number of nitrogens with one attached hydrogen (secondary N) is 1. The molecular weight excluding hydrogens is 336 g/mol. The summed E-state index contributed by atoms with van der Waals surface area (Å²) in [6.45, 7) is 6.11. The fraction of sp³-hybridized carbons (Fsp3) is 0.294. The summed E-state index contributed by atoms with van der Waals surface area (Å²) in [6, 6.07) is 8.47. The predicted octanol–water partition coefficient (Wildman–Crippen LogP) is 5.04. The van der Waals surface area contributed by atoms with Crippen LogP contribution in [-0.2, 0) is 0 Å². The molecule has 1 unspecified atom stereocenters. The van der Waals surface area contributed by atoms with Gasteiger partial charge in [-0.2, -0.15) is 0 Å². The molecule has 21 heavy (non-hydrogen) atoms. The van der Waals surface area contributed by atoms with Crippen LogP contribution in [0.4, 0.5) is 8.78 Å². The summed E-state index contributed by atoms with van der Waals surface area (Å²) in [4.78, 5) is 0. The Morgan fingerprint density at radius 2 is 1.71 bits per heavy atom. The topological polar surface area (TPSA) is 12.0 Å². The lowest BCUT2D eigenvalue weighted by atomic mass is 9.95. The third-order valence-electron chi connectivity index (χ3n) is 3.49. The second-order valence-corrected chi connectivity index (χ2v) is 5.96. The van der Waals surface area contributed by atoms with Gasteiger partial charge in [-0.3, -0.25) is 0 Å². The molecule has 1 nitrogen and oxygen atoms in total. The molecule has 0 aromatic heterocycles. The van der Waals surface area contributed by atoms with E-state index in [1.165, 1.54) is 0 Å². The van der Waals surface area contributed by atoms with Crippen LogP contribution >= 0.6 is 15.9 Å². The zero-order valence-electron chi connectivity index (χ0n) is 12.3. The second kappa shape index (κ2) is 6.67. The lowest BCUT2D eigenvalue weighted by molar-refractivity contribution is 0.552. The van der Waals surface area contributed by atoms with Crippen molar-refractivity contribution in [2.45, 2.75) is 26.8 Å². The van der Waals surface area contributed by atoms with E-state index < -0.39 is 0 Å². The first kappa shape index (κ1) is 16.1. The Morgan fingerprint density at radius 1 is 1.10 bits per heavy atom. The number of halogens is 3. The Kier molecular flexibility index (Phi) is 5.12. The van der Waals surface area contributed by atoms with Gasteiger partial charge in [0.15, 0.2) is 0 Å². The largest absolute Gasteiger partial charge is 0.306 e. The molecule has 0 aliphatic rings. The lowest BCUT2D eigenvalue weighted by Crippen LogP contribution is -2.23. The minimum absolute atomic E-state index is 0.205. The van der Waals surface area contributed by atoms with Crippen LogP contribution in [0.1, 0.15) is 35.2 Å². The molecule has 0 aliphatic carbocycles. The van der Waals surface area contributed by atoms with Gasteiger partial charge in [-0.05, 0) is 59.1 Å². The highest BCUT2D eigenvalue weighted by Crippen LogP contribution is 2.30. The van der Waals surface area contributed by atoms with Crippen molar-refractivity contribution in [2.75, 3.05) is 6.54 Å². The lowest BCUT2D eigenvalue weighted by Gasteiger charge is -2.21. The molecule has 2 aromatic carbocycles. The molecule has 0 heterocycles. The highest BCUT2D eigenvalue weighted by atomic mass is 79.9. The van der Waals surface area contributed by atoms with Crippen LogP contribution < -0.4 is 5.32 Å². The molecule has 0 saturated heterocycles. The van der Waals surface area contributed by atoms with Gasteiger partial charge in [-0.15, -0.1) is 0 Å². The molecule has 112 valence electrons. The Balaban J connectivity index is 2.56. The second-order valence-electron chi connectivity index (χ2n) is 5.10. The van der Waals surface area contributed by atoms with Gasteiger partial charge in [0.25, 0.3) is 0 Å². The minimum atomic E-state index is -0.300. The molecular formula is C17H18BrF2N. The van der Waals surface area contributed by atoms with Crippen LogP contribution in [0.25, 0.3) is 0 Å². The summed E-state index contributed by atoms with van der Waals surface area (Å²) < 4.78 is 28.6. The Morgan fingerprint density at radius 3 is 2.29 bits per heavy atom. The van der Waals surface area contributed by atoms with E-state index in [4.69, 9.17) is 0 Å². The van der Waals surface area contributed by atoms with Crippen molar-refractivity contribution >= 4 is 15.9 Å². The summed E-state index contributed by atoms with van der Waals surface area (Å²) in [6.07, 6.45) is 0. The molecule has 0 aliphatic heterocycles. The van der Waals surface area contributed by atoms with Crippen molar-refractivity contribution in [3.8, 4) is 0 Å². The molecule has 0 saturated carbocycles. The van der Waals surface area contributed by atoms with E-state index in [1.54, 1.807) is 44.2 Å². The Hall–Kier alpha value is -1.26. The normalized spacial score (nSPS) is 12.5. The van der Waals surface area contributed by atoms with Crippen LogP contribution in [0.3, 0.4) is 0 Å². The Bertz CT molecular complexity index is 632. The molecule has 0 spiro atoms. The van der Waals surface area contributed by atoms with E-state index in [0.29, 0.717) is 27.7 Å². The van der Waals surface area contributed by atoms with Gasteiger partial charge in [0.1, 0.15) is 11.6 Å². The van der Waals surface area contributed by atoms with Gasteiger partial charge in [-0.1, -0.05) is 31.2 Å². The molecule has 0 bridgehead atoms. The zero-order valence-corrected chi connectivity index (χ0v) is 13.9. The number of benzene rings is 2. The maximum Gasteiger partial charge on any atom is 0.142 e. The van der Waals surface area contributed by atoms with E-state index >= 15 is 0 Å². The minimum Gasteiger partial charge on any atom is -0.306 e. The smallest absolute Gasteiger partial charge is 0.142 e. The summed E-state index contributed by atoms with van der Waals surface area (Å²) in [5.41, 5.74) is 2.56. The third-order valence-corrected chi connectivity index (χ3v) is 4.11. The fourth-order valence-corrected chi connectivity index (χ4v) is 2.88. The fourth-order valence-electron chi connectivity index (χ4n) is 2.50. The van der Waals surface area contributed by atoms with Gasteiger partial charge in [0, 0.05) is 5.56 Å². The summed E-state index contributed by atoms with van der Waals surface area (Å²) in [5.74, 6) is -0.494. The first-order valence-corrected chi connectivity index (χ1v) is 7.69. The first-order chi connectivity index (χ1) is 9.95. The summed E-state index contributed by atoms with van der Waals surface area (Å²) in [7, 11) is 0. The average Bonchev–Trinajstić information content (AvgIpc) is 2.45. The third kappa shape index (κ3) is 3.33. The van der Waals surface area contributed by atoms with Gasteiger partial charge >= 0.3 is 0 Å². The van der Waals surface area contributed by atoms with Crippen molar-refractivity contribution in [1.29, 1.82) is 0 Å². The van der Waals surface area contributed by atoms with E-state index in [2.05, 4.69) is 21.2 Å². The van der Waals surface area contributed by atoms with Crippen LogP contribution in [-0.4, -0.2) is 6.54 Å². The maximum atomic E-state index is 14.4. The summed E-state index contributed by atoms with van der Waals surface area (Å²) in [5, 5.41) is 3.27. The van der Waals surface area contributed by atoms with Crippen LogP contribution in [0, 0.1) is 25.5 Å². The SMILES string of the molecule is CCNC(c1cc(C)c(F)c(C)c1)c1cccc(Br)c1F. The van der Waals surface area contributed by atoms with Crippen LogP contribution in [0.15, 0.2) is 34.8 Å². The number of rotatable bonds is 4. The average molecular weight is 354 g/mol. The van der Waals surface area contributed by atoms with Gasteiger partial charge < -0.3 is 5.32 Å². The van der Waals surface area contributed by atoms with E-state index in [-0.39, 0.29) is 17.7 Å². The standard InChI is InChI=1S/C17H18BrF2N/c1-4-21-17(13-6-5-7-14(18)16(13)20)12-8-10(2)15(19)11(3)9-12/h5-9,17,21H,4H2,1-3H3. The van der Waals surface area contributed by atoms with Crippen molar-refractivity contribution in [2.24, 2.45) is 0 Å². The highest BCUT2D eigenvalue weighted by Gasteiger charge is 2.20. The van der Waals surface area contributed by atoms with Crippen LogP contribution in [0.5, 0.6) is 0 Å². The summed E-state index contributed by atoms with van der Waals surface area (Å²) >= 11 is 3.22. The monoisotopic (exact) mass is 353 g/mol. The zero-order chi connectivity index (χ0) is 15.6. The van der Waals surface area contributed by atoms with E-state index in [9.17, 15) is 8.78 Å². The maximum absolute atomic E-state index is 14.4. The van der Waals surface area contributed by atoms with Crippen molar-refractivity contribution in [3.63, 3.8) is 0 Å². The van der Waals surface area contributed by atoms with E-state index in [1.807, 2.05) is 6.92 Å². The predicted molar refractivity (Wildman–Crippen MR) is 85.5 cm³/mol. The molecule has 0 radical (unpaired) electrons. The molecule has 4 heteroatoms. The molecule has 0 fully saturated rings. The van der Waals surface area contributed by atoms with Crippen LogP contribution in [0.2, 0.25) is 0 Å². The highest BCUT2D eigenvalue weighted by molar-refractivity contribution is 9.10. The van der Waals surface area contributed by atoms with Crippen molar-refractivity contribution in [1.82, 2.24) is 5.32 Å². The number of hydrogen-bond donors (Lipinski definition) is 1. The first-order valence-electron chi connectivity index (χ1n) is 6.89. The van der Waals surface area contributed by atoms with Gasteiger partial charge in [-0.25, -0.2) is 8.78 Å². The quantitative estimate of drug-likeness (QED) is 0.811. The molecule has 2 aromatic rings. The molecule has 1 atom stereocenters. The molecule has 2 rings (SSSR count). The molecule has 1 N–H and O–H groups in total. The van der Waals surface area contributed by atoms with E-state index in [0.717, 1.165) is 5.56 Å². The number of hydrogen-bond acceptors (Lipinski definition) is 1. The van der Waals surface area contributed by atoms with Crippen molar-refractivity contribution in [3.05, 3.63) is 68.7 Å². The Labute approximate surface area is 132 Å².